The minimum Gasteiger partial charge on any atom is -0.313 e. The molecular weight excluding hydrogens is 258 g/mol. The van der Waals surface area contributed by atoms with Gasteiger partial charge >= 0.3 is 0 Å². The van der Waals surface area contributed by atoms with Crippen LogP contribution in [0.15, 0.2) is 30.3 Å². The minimum atomic E-state index is -0.557. The molecule has 1 saturated carbocycles. The summed E-state index contributed by atoms with van der Waals surface area (Å²) in [5, 5.41) is 9.29. The molecule has 3 atom stereocenters. The maximum Gasteiger partial charge on any atom is 0.107 e. The SMILES string of the molecule is N#CC1(N)CCCC1CCN1CCC(c2ccccc2)C1. The highest BCUT2D eigenvalue weighted by molar-refractivity contribution is 5.21. The van der Waals surface area contributed by atoms with Gasteiger partial charge in [0.05, 0.1) is 6.07 Å². The van der Waals surface area contributed by atoms with E-state index in [2.05, 4.69) is 41.3 Å². The lowest BCUT2D eigenvalue weighted by atomic mass is 9.87. The zero-order valence-electron chi connectivity index (χ0n) is 12.7. The molecule has 0 spiro atoms. The molecule has 2 fully saturated rings. The maximum atomic E-state index is 9.29. The van der Waals surface area contributed by atoms with E-state index in [4.69, 9.17) is 5.73 Å². The van der Waals surface area contributed by atoms with Gasteiger partial charge in [-0.05, 0) is 56.2 Å². The summed E-state index contributed by atoms with van der Waals surface area (Å²) in [6.07, 6.45) is 5.44. The molecule has 1 aromatic rings. The van der Waals surface area contributed by atoms with E-state index in [9.17, 15) is 5.26 Å². The van der Waals surface area contributed by atoms with Crippen LogP contribution in [0, 0.1) is 17.2 Å². The van der Waals surface area contributed by atoms with Crippen LogP contribution in [0.1, 0.15) is 43.6 Å². The predicted octanol–water partition coefficient (Wildman–Crippen LogP) is 2.89. The molecule has 3 unspecified atom stereocenters. The molecule has 3 nitrogen and oxygen atoms in total. The molecule has 1 heterocycles. The second-order valence-corrected chi connectivity index (χ2v) is 6.73. The fourth-order valence-electron chi connectivity index (χ4n) is 4.02. The fraction of sp³-hybridized carbons (Fsp3) is 0.611. The lowest BCUT2D eigenvalue weighted by molar-refractivity contribution is 0.274. The normalized spacial score (nSPS) is 33.1. The van der Waals surface area contributed by atoms with Crippen LogP contribution in [-0.4, -0.2) is 30.1 Å². The van der Waals surface area contributed by atoms with Crippen LogP contribution in [0.2, 0.25) is 0 Å². The summed E-state index contributed by atoms with van der Waals surface area (Å²) in [6, 6.07) is 13.2. The second kappa shape index (κ2) is 6.17. The number of hydrogen-bond donors (Lipinski definition) is 1. The first kappa shape index (κ1) is 14.6. The maximum absolute atomic E-state index is 9.29. The van der Waals surface area contributed by atoms with Crippen LogP contribution in [0.3, 0.4) is 0 Å². The Morgan fingerprint density at radius 3 is 2.86 bits per heavy atom. The predicted molar refractivity (Wildman–Crippen MR) is 84.7 cm³/mol. The lowest BCUT2D eigenvalue weighted by Crippen LogP contribution is -2.43. The molecule has 2 aliphatic rings. The van der Waals surface area contributed by atoms with Crippen molar-refractivity contribution in [2.45, 2.75) is 43.6 Å². The number of likely N-dealkylation sites (tertiary alicyclic amines) is 1. The van der Waals surface area contributed by atoms with E-state index in [1.807, 2.05) is 0 Å². The molecule has 0 radical (unpaired) electrons. The van der Waals surface area contributed by atoms with Crippen molar-refractivity contribution >= 4 is 0 Å². The third kappa shape index (κ3) is 3.12. The van der Waals surface area contributed by atoms with Crippen LogP contribution in [0.4, 0.5) is 0 Å². The largest absolute Gasteiger partial charge is 0.313 e. The van der Waals surface area contributed by atoms with Gasteiger partial charge in [0.25, 0.3) is 0 Å². The van der Waals surface area contributed by atoms with E-state index < -0.39 is 5.54 Å². The van der Waals surface area contributed by atoms with E-state index in [0.717, 1.165) is 38.8 Å². The van der Waals surface area contributed by atoms with Crippen molar-refractivity contribution in [3.05, 3.63) is 35.9 Å². The van der Waals surface area contributed by atoms with Gasteiger partial charge in [0, 0.05) is 6.54 Å². The van der Waals surface area contributed by atoms with Gasteiger partial charge in [-0.3, -0.25) is 0 Å². The minimum absolute atomic E-state index is 0.387. The summed E-state index contributed by atoms with van der Waals surface area (Å²) in [7, 11) is 0. The van der Waals surface area contributed by atoms with Crippen LogP contribution >= 0.6 is 0 Å². The Balaban J connectivity index is 1.51. The number of nitrogens with two attached hydrogens (primary N) is 1. The summed E-state index contributed by atoms with van der Waals surface area (Å²) in [5.74, 6) is 1.06. The van der Waals surface area contributed by atoms with Gasteiger partial charge in [-0.1, -0.05) is 36.8 Å². The first-order valence-corrected chi connectivity index (χ1v) is 8.19. The van der Waals surface area contributed by atoms with E-state index in [1.165, 1.54) is 18.5 Å². The van der Waals surface area contributed by atoms with Crippen LogP contribution in [0.5, 0.6) is 0 Å². The van der Waals surface area contributed by atoms with Crippen molar-refractivity contribution in [3.8, 4) is 6.07 Å². The van der Waals surface area contributed by atoms with Crippen molar-refractivity contribution in [1.29, 1.82) is 5.26 Å². The summed E-state index contributed by atoms with van der Waals surface area (Å²) in [6.45, 7) is 3.42. The van der Waals surface area contributed by atoms with E-state index in [0.29, 0.717) is 11.8 Å². The molecule has 1 saturated heterocycles. The monoisotopic (exact) mass is 283 g/mol. The number of benzene rings is 1. The molecule has 0 aromatic heterocycles. The van der Waals surface area contributed by atoms with E-state index >= 15 is 0 Å². The fourth-order valence-corrected chi connectivity index (χ4v) is 4.02. The molecule has 1 aromatic carbocycles. The lowest BCUT2D eigenvalue weighted by Gasteiger charge is -2.26. The first-order valence-electron chi connectivity index (χ1n) is 8.19. The Bertz CT molecular complexity index is 507. The summed E-state index contributed by atoms with van der Waals surface area (Å²) < 4.78 is 0. The third-order valence-electron chi connectivity index (χ3n) is 5.42. The molecule has 21 heavy (non-hydrogen) atoms. The number of hydrogen-bond acceptors (Lipinski definition) is 3. The van der Waals surface area contributed by atoms with E-state index in [-0.39, 0.29) is 0 Å². The van der Waals surface area contributed by atoms with Crippen molar-refractivity contribution in [2.24, 2.45) is 11.7 Å². The molecule has 0 amide bonds. The molecular formula is C18H25N3. The number of rotatable bonds is 4. The molecule has 2 N–H and O–H groups in total. The summed E-state index contributed by atoms with van der Waals surface area (Å²) in [5.41, 5.74) is 7.13. The molecule has 112 valence electrons. The highest BCUT2D eigenvalue weighted by Crippen LogP contribution is 2.36. The van der Waals surface area contributed by atoms with Crippen molar-refractivity contribution < 1.29 is 0 Å². The smallest absolute Gasteiger partial charge is 0.107 e. The molecule has 3 heteroatoms. The number of nitrogens with zero attached hydrogens (tertiary/aromatic N) is 2. The van der Waals surface area contributed by atoms with E-state index in [1.54, 1.807) is 0 Å². The molecule has 1 aliphatic carbocycles. The Kier molecular flexibility index (Phi) is 4.28. The highest BCUT2D eigenvalue weighted by Gasteiger charge is 2.39. The molecule has 0 bridgehead atoms. The Hall–Kier alpha value is -1.37. The zero-order valence-corrected chi connectivity index (χ0v) is 12.7. The van der Waals surface area contributed by atoms with Crippen molar-refractivity contribution in [3.63, 3.8) is 0 Å². The summed E-state index contributed by atoms with van der Waals surface area (Å²) >= 11 is 0. The van der Waals surface area contributed by atoms with Crippen molar-refractivity contribution in [1.82, 2.24) is 4.90 Å². The van der Waals surface area contributed by atoms with Gasteiger partial charge in [0.2, 0.25) is 0 Å². The van der Waals surface area contributed by atoms with Crippen LogP contribution < -0.4 is 5.73 Å². The average Bonchev–Trinajstić information content (AvgIpc) is 3.13. The van der Waals surface area contributed by atoms with Crippen LogP contribution in [-0.2, 0) is 0 Å². The average molecular weight is 283 g/mol. The Morgan fingerprint density at radius 2 is 2.10 bits per heavy atom. The second-order valence-electron chi connectivity index (χ2n) is 6.73. The van der Waals surface area contributed by atoms with Gasteiger partial charge in [-0.15, -0.1) is 0 Å². The number of nitriles is 1. The highest BCUT2D eigenvalue weighted by atomic mass is 15.1. The van der Waals surface area contributed by atoms with Crippen LogP contribution in [0.25, 0.3) is 0 Å². The van der Waals surface area contributed by atoms with Gasteiger partial charge < -0.3 is 10.6 Å². The molecule has 3 rings (SSSR count). The Morgan fingerprint density at radius 1 is 1.29 bits per heavy atom. The topological polar surface area (TPSA) is 53.1 Å². The van der Waals surface area contributed by atoms with Gasteiger partial charge in [-0.25, -0.2) is 0 Å². The first-order chi connectivity index (χ1) is 10.2. The standard InChI is InChI=1S/C18H25N3/c19-14-18(20)10-4-7-17(18)9-12-21-11-8-16(13-21)15-5-2-1-3-6-15/h1-3,5-6,16-17H,4,7-13,20H2. The quantitative estimate of drug-likeness (QED) is 0.924. The van der Waals surface area contributed by atoms with Gasteiger partial charge in [0.15, 0.2) is 0 Å². The third-order valence-corrected chi connectivity index (χ3v) is 5.42. The Labute approximate surface area is 127 Å². The van der Waals surface area contributed by atoms with Gasteiger partial charge in [0.1, 0.15) is 5.54 Å². The zero-order chi connectivity index (χ0) is 14.7. The summed E-state index contributed by atoms with van der Waals surface area (Å²) in [4.78, 5) is 2.55. The van der Waals surface area contributed by atoms with Crippen molar-refractivity contribution in [2.75, 3.05) is 19.6 Å². The van der Waals surface area contributed by atoms with Gasteiger partial charge in [-0.2, -0.15) is 5.26 Å². The molecule has 1 aliphatic heterocycles.